The number of rotatable bonds is 6. The van der Waals surface area contributed by atoms with Gasteiger partial charge in [0.2, 0.25) is 0 Å². The minimum atomic E-state index is -4.26. The van der Waals surface area contributed by atoms with Gasteiger partial charge in [0.05, 0.1) is 5.69 Å². The molecule has 0 fully saturated rings. The average molecular weight is 409 g/mol. The summed E-state index contributed by atoms with van der Waals surface area (Å²) in [6.45, 7) is 16.6. The molecular weight excluding hydrogens is 382 g/mol. The van der Waals surface area contributed by atoms with E-state index in [1.165, 1.54) is 12.1 Å². The fourth-order valence-corrected chi connectivity index (χ4v) is 3.02. The normalized spacial score (nSPS) is 16.1. The molecular formula is C22H27F4N3. The number of aliphatic imine (C=N–C) groups is 1. The molecule has 0 radical (unpaired) electrons. The first kappa shape index (κ1) is 22.7. The molecule has 0 aromatic heterocycles. The molecule has 1 aliphatic heterocycles. The van der Waals surface area contributed by atoms with Gasteiger partial charge in [-0.2, -0.15) is 17.6 Å². The zero-order chi connectivity index (χ0) is 22.1. The lowest BCUT2D eigenvalue weighted by Crippen LogP contribution is -2.34. The predicted molar refractivity (Wildman–Crippen MR) is 110 cm³/mol. The van der Waals surface area contributed by atoms with Crippen LogP contribution in [-0.4, -0.2) is 29.2 Å². The molecule has 1 aromatic carbocycles. The summed E-state index contributed by atoms with van der Waals surface area (Å²) < 4.78 is 54.1. The SMILES string of the molecule is C=C(C)NC(=Nc1ccc(C(F)(F)C(C)(F)F)cc1)C1=C(C)C(=C)N(C(C)C)C1. The molecule has 0 amide bonds. The number of allylic oxidation sites excluding steroid dienone is 2. The Morgan fingerprint density at radius 2 is 1.72 bits per heavy atom. The molecule has 0 saturated heterocycles. The van der Waals surface area contributed by atoms with Crippen LogP contribution in [0.4, 0.5) is 23.2 Å². The molecule has 2 rings (SSSR count). The summed E-state index contributed by atoms with van der Waals surface area (Å²) >= 11 is 0. The van der Waals surface area contributed by atoms with E-state index < -0.39 is 17.4 Å². The van der Waals surface area contributed by atoms with Crippen LogP contribution < -0.4 is 5.32 Å². The van der Waals surface area contributed by atoms with E-state index in [1.807, 2.05) is 6.92 Å². The number of hydrogen-bond donors (Lipinski definition) is 1. The van der Waals surface area contributed by atoms with Gasteiger partial charge in [-0.1, -0.05) is 25.3 Å². The molecule has 0 saturated carbocycles. The van der Waals surface area contributed by atoms with Crippen LogP contribution in [0.2, 0.25) is 0 Å². The third kappa shape index (κ3) is 4.71. The summed E-state index contributed by atoms with van der Waals surface area (Å²) in [5.41, 5.74) is 3.05. The van der Waals surface area contributed by atoms with Gasteiger partial charge in [0, 0.05) is 42.0 Å². The van der Waals surface area contributed by atoms with Crippen molar-refractivity contribution in [1.29, 1.82) is 0 Å². The first-order valence-electron chi connectivity index (χ1n) is 9.29. The van der Waals surface area contributed by atoms with E-state index in [1.54, 1.807) is 6.92 Å². The maximum atomic E-state index is 13.9. The van der Waals surface area contributed by atoms with Crippen molar-refractivity contribution in [3.8, 4) is 0 Å². The van der Waals surface area contributed by atoms with E-state index in [0.29, 0.717) is 23.8 Å². The largest absolute Gasteiger partial charge is 0.365 e. The molecule has 1 aromatic rings. The highest BCUT2D eigenvalue weighted by atomic mass is 19.3. The molecule has 29 heavy (non-hydrogen) atoms. The van der Waals surface area contributed by atoms with Gasteiger partial charge in [0.1, 0.15) is 5.84 Å². The summed E-state index contributed by atoms with van der Waals surface area (Å²) in [5, 5.41) is 3.11. The van der Waals surface area contributed by atoms with Gasteiger partial charge in [-0.15, -0.1) is 0 Å². The van der Waals surface area contributed by atoms with Crippen molar-refractivity contribution in [3.05, 3.63) is 65.5 Å². The Labute approximate surface area is 169 Å². The molecule has 158 valence electrons. The molecule has 3 nitrogen and oxygen atoms in total. The third-order valence-corrected chi connectivity index (χ3v) is 4.82. The maximum absolute atomic E-state index is 13.9. The van der Waals surface area contributed by atoms with Crippen LogP contribution in [0.3, 0.4) is 0 Å². The van der Waals surface area contributed by atoms with Crippen molar-refractivity contribution >= 4 is 11.5 Å². The fraction of sp³-hybridized carbons (Fsp3) is 0.409. The third-order valence-electron chi connectivity index (χ3n) is 4.82. The van der Waals surface area contributed by atoms with Crippen LogP contribution in [0.15, 0.2) is 65.0 Å². The first-order valence-corrected chi connectivity index (χ1v) is 9.29. The van der Waals surface area contributed by atoms with Crippen LogP contribution >= 0.6 is 0 Å². The van der Waals surface area contributed by atoms with Crippen molar-refractivity contribution < 1.29 is 17.6 Å². The molecule has 0 bridgehead atoms. The quantitative estimate of drug-likeness (QED) is 0.347. The maximum Gasteiger partial charge on any atom is 0.335 e. The van der Waals surface area contributed by atoms with E-state index in [0.717, 1.165) is 29.0 Å². The monoisotopic (exact) mass is 409 g/mol. The lowest BCUT2D eigenvalue weighted by atomic mass is 10.0. The van der Waals surface area contributed by atoms with Crippen LogP contribution in [0, 0.1) is 0 Å². The average Bonchev–Trinajstić information content (AvgIpc) is 2.89. The second-order valence-electron chi connectivity index (χ2n) is 7.65. The smallest absolute Gasteiger partial charge is 0.335 e. The zero-order valence-electron chi connectivity index (χ0n) is 17.4. The Morgan fingerprint density at radius 1 is 1.17 bits per heavy atom. The van der Waals surface area contributed by atoms with Crippen molar-refractivity contribution in [2.24, 2.45) is 4.99 Å². The number of amidine groups is 1. The van der Waals surface area contributed by atoms with E-state index in [2.05, 4.69) is 42.2 Å². The van der Waals surface area contributed by atoms with Gasteiger partial charge in [0.15, 0.2) is 0 Å². The van der Waals surface area contributed by atoms with Crippen LogP contribution in [0.1, 0.15) is 40.2 Å². The fourth-order valence-electron chi connectivity index (χ4n) is 3.02. The van der Waals surface area contributed by atoms with E-state index in [9.17, 15) is 17.6 Å². The highest BCUT2D eigenvalue weighted by Gasteiger charge is 2.53. The second kappa shape index (κ2) is 8.05. The van der Waals surface area contributed by atoms with Gasteiger partial charge in [-0.05, 0) is 45.4 Å². The highest BCUT2D eigenvalue weighted by molar-refractivity contribution is 6.03. The molecule has 0 aliphatic carbocycles. The molecule has 0 atom stereocenters. The van der Waals surface area contributed by atoms with Gasteiger partial charge < -0.3 is 10.2 Å². The lowest BCUT2D eigenvalue weighted by molar-refractivity contribution is -0.204. The molecule has 0 unspecified atom stereocenters. The summed E-state index contributed by atoms with van der Waals surface area (Å²) in [6.07, 6.45) is 0. The molecule has 1 N–H and O–H groups in total. The molecule has 1 heterocycles. The summed E-state index contributed by atoms with van der Waals surface area (Å²) in [6, 6.07) is 4.80. The number of alkyl halides is 4. The van der Waals surface area contributed by atoms with Gasteiger partial charge >= 0.3 is 11.8 Å². The van der Waals surface area contributed by atoms with Gasteiger partial charge in [-0.3, -0.25) is 0 Å². The summed E-state index contributed by atoms with van der Waals surface area (Å²) in [7, 11) is 0. The minimum absolute atomic E-state index is 0.205. The highest BCUT2D eigenvalue weighted by Crippen LogP contribution is 2.42. The van der Waals surface area contributed by atoms with Gasteiger partial charge in [0.25, 0.3) is 0 Å². The Balaban J connectivity index is 2.42. The molecule has 1 aliphatic rings. The molecule has 0 spiro atoms. The van der Waals surface area contributed by atoms with Crippen molar-refractivity contribution in [1.82, 2.24) is 10.2 Å². The second-order valence-corrected chi connectivity index (χ2v) is 7.65. The Kier molecular flexibility index (Phi) is 6.30. The predicted octanol–water partition coefficient (Wildman–Crippen LogP) is 6.14. The molecule has 7 heteroatoms. The number of nitrogens with one attached hydrogen (secondary N) is 1. The van der Waals surface area contributed by atoms with E-state index >= 15 is 0 Å². The number of halogens is 4. The zero-order valence-corrected chi connectivity index (χ0v) is 17.4. The Bertz CT molecular complexity index is 859. The topological polar surface area (TPSA) is 27.6 Å². The van der Waals surface area contributed by atoms with Crippen LogP contribution in [-0.2, 0) is 5.92 Å². The van der Waals surface area contributed by atoms with E-state index in [-0.39, 0.29) is 13.0 Å². The van der Waals surface area contributed by atoms with Crippen LogP contribution in [0.25, 0.3) is 0 Å². The minimum Gasteiger partial charge on any atom is -0.365 e. The first-order chi connectivity index (χ1) is 13.3. The van der Waals surface area contributed by atoms with Gasteiger partial charge in [-0.25, -0.2) is 4.99 Å². The van der Waals surface area contributed by atoms with Crippen LogP contribution in [0.5, 0.6) is 0 Å². The Hall–Kier alpha value is -2.57. The van der Waals surface area contributed by atoms with Crippen molar-refractivity contribution in [3.63, 3.8) is 0 Å². The standard InChI is InChI=1S/C22H27F4N3/c1-13(2)27-20(19-12-29(14(3)4)16(6)15(19)5)28-18-10-8-17(9-11-18)22(25,26)21(7,23)24/h8-11,14H,1,6,12H2,2-5,7H3,(H,27,28). The van der Waals surface area contributed by atoms with E-state index in [4.69, 9.17) is 0 Å². The van der Waals surface area contributed by atoms with Crippen molar-refractivity contribution in [2.45, 2.75) is 52.5 Å². The summed E-state index contributed by atoms with van der Waals surface area (Å²) in [4.78, 5) is 6.66. The Morgan fingerprint density at radius 3 is 2.14 bits per heavy atom. The number of benzene rings is 1. The number of nitrogens with zero attached hydrogens (tertiary/aromatic N) is 2. The summed E-state index contributed by atoms with van der Waals surface area (Å²) in [5.74, 6) is -7.88. The lowest BCUT2D eigenvalue weighted by Gasteiger charge is -2.25. The number of hydrogen-bond acceptors (Lipinski definition) is 2. The van der Waals surface area contributed by atoms with Crippen molar-refractivity contribution in [2.75, 3.05) is 6.54 Å².